The minimum Gasteiger partial charge on any atom is -0.441 e. The predicted molar refractivity (Wildman–Crippen MR) is 114 cm³/mol. The van der Waals surface area contributed by atoms with Gasteiger partial charge in [0.05, 0.1) is 6.20 Å². The number of aromatic nitrogens is 1. The lowest BCUT2D eigenvalue weighted by atomic mass is 9.69. The van der Waals surface area contributed by atoms with Crippen molar-refractivity contribution >= 4 is 5.91 Å². The van der Waals surface area contributed by atoms with Crippen molar-refractivity contribution in [3.05, 3.63) is 78.1 Å². The Morgan fingerprint density at radius 2 is 1.77 bits per heavy atom. The van der Waals surface area contributed by atoms with Crippen molar-refractivity contribution in [1.29, 1.82) is 0 Å². The van der Waals surface area contributed by atoms with Crippen molar-refractivity contribution in [2.24, 2.45) is 0 Å². The molecule has 30 heavy (non-hydrogen) atoms. The molecule has 1 amide bonds. The van der Waals surface area contributed by atoms with Gasteiger partial charge in [-0.15, -0.1) is 0 Å². The van der Waals surface area contributed by atoms with Crippen LogP contribution in [0.1, 0.15) is 50.0 Å². The Labute approximate surface area is 176 Å². The third-order valence-corrected chi connectivity index (χ3v) is 6.07. The second-order valence-corrected chi connectivity index (χ2v) is 8.11. The Balaban J connectivity index is 1.34. The molecule has 0 saturated heterocycles. The Kier molecular flexibility index (Phi) is 6.26. The molecular weight excluding hydrogens is 379 g/mol. The van der Waals surface area contributed by atoms with Crippen LogP contribution in [0.2, 0.25) is 0 Å². The van der Waals surface area contributed by atoms with E-state index in [0.717, 1.165) is 36.8 Å². The monoisotopic (exact) mass is 406 g/mol. The molecule has 156 valence electrons. The maximum atomic E-state index is 13.4. The zero-order chi connectivity index (χ0) is 20.8. The van der Waals surface area contributed by atoms with Crippen LogP contribution in [-0.4, -0.2) is 17.4 Å². The van der Waals surface area contributed by atoms with Crippen molar-refractivity contribution < 1.29 is 13.6 Å². The number of nitrogens with zero attached hydrogens (tertiary/aromatic N) is 1. The van der Waals surface area contributed by atoms with Crippen molar-refractivity contribution in [1.82, 2.24) is 10.3 Å². The van der Waals surface area contributed by atoms with Gasteiger partial charge < -0.3 is 9.73 Å². The lowest BCUT2D eigenvalue weighted by Crippen LogP contribution is -2.42. The van der Waals surface area contributed by atoms with Gasteiger partial charge in [0.2, 0.25) is 5.91 Å². The maximum Gasteiger partial charge on any atom is 0.220 e. The molecule has 1 N–H and O–H groups in total. The molecule has 0 bridgehead atoms. The molecule has 5 heteroatoms. The van der Waals surface area contributed by atoms with E-state index in [1.807, 2.05) is 42.5 Å². The molecule has 2 aromatic carbocycles. The Hall–Kier alpha value is -2.95. The molecule has 1 aromatic heterocycles. The van der Waals surface area contributed by atoms with Gasteiger partial charge in [-0.3, -0.25) is 4.79 Å². The molecule has 1 heterocycles. The van der Waals surface area contributed by atoms with Gasteiger partial charge in [0, 0.05) is 30.4 Å². The van der Waals surface area contributed by atoms with E-state index >= 15 is 0 Å². The summed E-state index contributed by atoms with van der Waals surface area (Å²) in [7, 11) is 0. The van der Waals surface area contributed by atoms with Gasteiger partial charge >= 0.3 is 0 Å². The van der Waals surface area contributed by atoms with E-state index in [1.165, 1.54) is 18.6 Å². The highest BCUT2D eigenvalue weighted by atomic mass is 19.1. The largest absolute Gasteiger partial charge is 0.441 e. The Morgan fingerprint density at radius 1 is 1.03 bits per heavy atom. The number of halogens is 1. The number of hydrogen-bond acceptors (Lipinski definition) is 3. The van der Waals surface area contributed by atoms with Crippen LogP contribution >= 0.6 is 0 Å². The smallest absolute Gasteiger partial charge is 0.220 e. The fraction of sp³-hybridized carbons (Fsp3) is 0.360. The molecule has 1 aliphatic rings. The lowest BCUT2D eigenvalue weighted by molar-refractivity contribution is -0.121. The first kappa shape index (κ1) is 20.3. The standard InChI is InChI=1S/C25H27FN2O2/c26-21-11-9-20(10-12-21)25(15-5-2-6-16-25)18-28-23(29)13-14-24-27-17-22(30-24)19-7-3-1-4-8-19/h1,3-4,7-12,17H,2,5-6,13-16,18H2,(H,28,29). The molecule has 1 aliphatic carbocycles. The van der Waals surface area contributed by atoms with Crippen LogP contribution < -0.4 is 5.32 Å². The van der Waals surface area contributed by atoms with E-state index < -0.39 is 0 Å². The van der Waals surface area contributed by atoms with Gasteiger partial charge in [0.25, 0.3) is 0 Å². The van der Waals surface area contributed by atoms with Crippen molar-refractivity contribution in [2.45, 2.75) is 50.4 Å². The topological polar surface area (TPSA) is 55.1 Å². The molecule has 0 spiro atoms. The van der Waals surface area contributed by atoms with Gasteiger partial charge in [-0.25, -0.2) is 9.37 Å². The van der Waals surface area contributed by atoms with Crippen LogP contribution in [0.3, 0.4) is 0 Å². The first-order valence-corrected chi connectivity index (χ1v) is 10.7. The average molecular weight is 407 g/mol. The summed E-state index contributed by atoms with van der Waals surface area (Å²) < 4.78 is 19.2. The number of carbonyl (C=O) groups is 1. The predicted octanol–water partition coefficient (Wildman–Crippen LogP) is 5.43. The number of carbonyl (C=O) groups excluding carboxylic acids is 1. The van der Waals surface area contributed by atoms with Crippen molar-refractivity contribution in [3.8, 4) is 11.3 Å². The normalized spacial score (nSPS) is 15.6. The summed E-state index contributed by atoms with van der Waals surface area (Å²) >= 11 is 0. The molecule has 4 rings (SSSR count). The third kappa shape index (κ3) is 4.78. The summed E-state index contributed by atoms with van der Waals surface area (Å²) in [5.41, 5.74) is 1.98. The third-order valence-electron chi connectivity index (χ3n) is 6.07. The molecule has 0 aliphatic heterocycles. The minimum atomic E-state index is -0.227. The summed E-state index contributed by atoms with van der Waals surface area (Å²) in [6.07, 6.45) is 7.99. The van der Waals surface area contributed by atoms with Gasteiger partial charge in [0.1, 0.15) is 5.82 Å². The zero-order valence-corrected chi connectivity index (χ0v) is 17.1. The number of nitrogens with one attached hydrogen (secondary N) is 1. The maximum absolute atomic E-state index is 13.4. The number of hydrogen-bond donors (Lipinski definition) is 1. The summed E-state index contributed by atoms with van der Waals surface area (Å²) in [4.78, 5) is 16.8. The van der Waals surface area contributed by atoms with Crippen molar-refractivity contribution in [3.63, 3.8) is 0 Å². The van der Waals surface area contributed by atoms with Crippen LogP contribution in [0.15, 0.2) is 65.2 Å². The van der Waals surface area contributed by atoms with Gasteiger partial charge in [-0.1, -0.05) is 61.7 Å². The Morgan fingerprint density at radius 3 is 2.50 bits per heavy atom. The zero-order valence-electron chi connectivity index (χ0n) is 17.1. The van der Waals surface area contributed by atoms with E-state index in [4.69, 9.17) is 4.42 Å². The van der Waals surface area contributed by atoms with Gasteiger partial charge in [-0.2, -0.15) is 0 Å². The fourth-order valence-corrected chi connectivity index (χ4v) is 4.34. The van der Waals surface area contributed by atoms with E-state index in [0.29, 0.717) is 31.0 Å². The number of rotatable bonds is 7. The average Bonchev–Trinajstić information content (AvgIpc) is 3.27. The molecular formula is C25H27FN2O2. The highest BCUT2D eigenvalue weighted by Crippen LogP contribution is 2.39. The second-order valence-electron chi connectivity index (χ2n) is 8.11. The van der Waals surface area contributed by atoms with Crippen LogP contribution in [0, 0.1) is 5.82 Å². The van der Waals surface area contributed by atoms with Crippen LogP contribution in [0.25, 0.3) is 11.3 Å². The SMILES string of the molecule is O=C(CCc1ncc(-c2ccccc2)o1)NCC1(c2ccc(F)cc2)CCCCC1. The lowest BCUT2D eigenvalue weighted by Gasteiger charge is -2.38. The van der Waals surface area contributed by atoms with Gasteiger partial charge in [0.15, 0.2) is 11.7 Å². The quantitative estimate of drug-likeness (QED) is 0.569. The minimum absolute atomic E-state index is 0.0125. The molecule has 0 atom stereocenters. The Bertz CT molecular complexity index is 960. The molecule has 0 unspecified atom stereocenters. The van der Waals surface area contributed by atoms with Crippen molar-refractivity contribution in [2.75, 3.05) is 6.54 Å². The van der Waals surface area contributed by atoms with Crippen LogP contribution in [0.4, 0.5) is 4.39 Å². The van der Waals surface area contributed by atoms with E-state index in [1.54, 1.807) is 6.20 Å². The van der Waals surface area contributed by atoms with Gasteiger partial charge in [-0.05, 0) is 30.5 Å². The molecule has 3 aromatic rings. The molecule has 0 radical (unpaired) electrons. The van der Waals surface area contributed by atoms with E-state index in [9.17, 15) is 9.18 Å². The fourth-order valence-electron chi connectivity index (χ4n) is 4.34. The highest BCUT2D eigenvalue weighted by Gasteiger charge is 2.34. The summed E-state index contributed by atoms with van der Waals surface area (Å²) in [5.74, 6) is 1.04. The van der Waals surface area contributed by atoms with Crippen LogP contribution in [-0.2, 0) is 16.6 Å². The summed E-state index contributed by atoms with van der Waals surface area (Å²) in [6, 6.07) is 16.6. The second kappa shape index (κ2) is 9.24. The van der Waals surface area contributed by atoms with Crippen LogP contribution in [0.5, 0.6) is 0 Å². The summed E-state index contributed by atoms with van der Waals surface area (Å²) in [5, 5.41) is 3.11. The number of oxazole rings is 1. The van der Waals surface area contributed by atoms with E-state index in [-0.39, 0.29) is 17.1 Å². The first-order chi connectivity index (χ1) is 14.6. The molecule has 4 nitrogen and oxygen atoms in total. The van der Waals surface area contributed by atoms with E-state index in [2.05, 4.69) is 10.3 Å². The number of benzene rings is 2. The highest BCUT2D eigenvalue weighted by molar-refractivity contribution is 5.76. The number of amides is 1. The molecule has 1 saturated carbocycles. The summed E-state index contributed by atoms with van der Waals surface area (Å²) in [6.45, 7) is 0.582. The molecule has 1 fully saturated rings. The first-order valence-electron chi connectivity index (χ1n) is 10.7. The number of aryl methyl sites for hydroxylation is 1.